The Hall–Kier alpha value is -4.16. The summed E-state index contributed by atoms with van der Waals surface area (Å²) in [5.74, 6) is 2.53. The summed E-state index contributed by atoms with van der Waals surface area (Å²) in [6, 6.07) is 28.2. The smallest absolute Gasteiger partial charge is 0.497 e. The van der Waals surface area contributed by atoms with E-state index in [-0.39, 0.29) is 21.1 Å². The maximum Gasteiger partial charge on any atom is 2.00 e. The van der Waals surface area contributed by atoms with Gasteiger partial charge in [0.25, 0.3) is 5.95 Å². The first-order valence-electron chi connectivity index (χ1n) is 10.9. The van der Waals surface area contributed by atoms with Crippen molar-refractivity contribution in [3.8, 4) is 34.5 Å². The van der Waals surface area contributed by atoms with E-state index < -0.39 is 0 Å². The fraction of sp³-hybridized carbons (Fsp3) is 0.0741. The molecule has 36 heavy (non-hydrogen) atoms. The third kappa shape index (κ3) is 4.31. The molecule has 6 rings (SSSR count). The van der Waals surface area contributed by atoms with E-state index in [2.05, 4.69) is 49.6 Å². The van der Waals surface area contributed by atoms with Gasteiger partial charge in [0, 0.05) is 23.5 Å². The Morgan fingerprint density at radius 3 is 2.44 bits per heavy atom. The van der Waals surface area contributed by atoms with Gasteiger partial charge in [-0.15, -0.1) is 38.6 Å². The second-order valence-corrected chi connectivity index (χ2v) is 7.80. The number of fused-ring (bicyclic) bond motifs is 3. The van der Waals surface area contributed by atoms with E-state index in [1.165, 1.54) is 0 Å². The van der Waals surface area contributed by atoms with Gasteiger partial charge in [-0.3, -0.25) is 4.57 Å². The molecule has 0 aliphatic carbocycles. The number of para-hydroxylation sites is 1. The molecule has 0 bridgehead atoms. The zero-order chi connectivity index (χ0) is 23.8. The van der Waals surface area contributed by atoms with Crippen molar-refractivity contribution in [2.24, 2.45) is 0 Å². The molecule has 3 aromatic heterocycles. The summed E-state index contributed by atoms with van der Waals surface area (Å²) in [7, 11) is 1.60. The zero-order valence-electron chi connectivity index (χ0n) is 19.2. The number of pyridine rings is 1. The fourth-order valence-corrected chi connectivity index (χ4v) is 3.97. The van der Waals surface area contributed by atoms with E-state index in [0.717, 1.165) is 32.9 Å². The molecule has 0 unspecified atom stereocenters. The van der Waals surface area contributed by atoms with Crippen LogP contribution in [0.1, 0.15) is 5.82 Å². The van der Waals surface area contributed by atoms with Crippen LogP contribution in [0.5, 0.6) is 17.4 Å². The number of ether oxygens (including phenoxy) is 2. The first-order chi connectivity index (χ1) is 17.2. The molecule has 178 valence electrons. The van der Waals surface area contributed by atoms with Crippen LogP contribution in [0.25, 0.3) is 38.9 Å². The second kappa shape index (κ2) is 9.83. The van der Waals surface area contributed by atoms with Crippen molar-refractivity contribution in [3.05, 3.63) is 90.9 Å². The summed E-state index contributed by atoms with van der Waals surface area (Å²) in [6.45, 7) is 1.76. The minimum atomic E-state index is 0. The zero-order valence-corrected chi connectivity index (χ0v) is 21.5. The maximum atomic E-state index is 5.92. The Morgan fingerprint density at radius 1 is 0.806 bits per heavy atom. The van der Waals surface area contributed by atoms with Gasteiger partial charge in [0.1, 0.15) is 5.75 Å². The van der Waals surface area contributed by atoms with Gasteiger partial charge in [0.15, 0.2) is 5.82 Å². The average molecular weight is 654 g/mol. The van der Waals surface area contributed by atoms with E-state index in [1.807, 2.05) is 47.0 Å². The predicted octanol–water partition coefficient (Wildman–Crippen LogP) is 5.13. The standard InChI is InChI=1S/C27H18N6O2.Pt/c1-17-29-31-27(32-30-17)33-24-9-4-3-8-22(24)23-11-10-19(15-25(23)33)18-6-5-7-21(14-18)35-26-16-20(34-2)12-13-28-26;/h3-13,16H,1-2H3;/q-2;+2. The summed E-state index contributed by atoms with van der Waals surface area (Å²) in [5.41, 5.74) is 3.45. The van der Waals surface area contributed by atoms with Gasteiger partial charge in [0.05, 0.1) is 7.11 Å². The van der Waals surface area contributed by atoms with Crippen molar-refractivity contribution in [2.45, 2.75) is 6.92 Å². The molecule has 0 saturated carbocycles. The van der Waals surface area contributed by atoms with Crippen LogP contribution < -0.4 is 9.47 Å². The molecular weight excluding hydrogens is 635 g/mol. The molecule has 0 aliphatic heterocycles. The number of hydrogen-bond acceptors (Lipinski definition) is 7. The van der Waals surface area contributed by atoms with Gasteiger partial charge in [-0.05, 0) is 30.0 Å². The number of aromatic nitrogens is 6. The molecule has 0 fully saturated rings. The van der Waals surface area contributed by atoms with Crippen LogP contribution in [-0.4, -0.2) is 37.1 Å². The van der Waals surface area contributed by atoms with Gasteiger partial charge in [-0.25, -0.2) is 16.1 Å². The molecule has 0 radical (unpaired) electrons. The van der Waals surface area contributed by atoms with E-state index in [4.69, 9.17) is 9.47 Å². The second-order valence-electron chi connectivity index (χ2n) is 7.80. The van der Waals surface area contributed by atoms with Crippen LogP contribution in [0.15, 0.2) is 72.9 Å². The summed E-state index contributed by atoms with van der Waals surface area (Å²) < 4.78 is 13.1. The van der Waals surface area contributed by atoms with E-state index in [9.17, 15) is 0 Å². The normalized spacial score (nSPS) is 10.8. The van der Waals surface area contributed by atoms with Crippen LogP contribution in [0.3, 0.4) is 0 Å². The van der Waals surface area contributed by atoms with Gasteiger partial charge in [-0.2, -0.15) is 24.3 Å². The van der Waals surface area contributed by atoms with Crippen LogP contribution in [-0.2, 0) is 21.1 Å². The number of rotatable bonds is 5. The quantitative estimate of drug-likeness (QED) is 0.239. The molecule has 0 aliphatic rings. The van der Waals surface area contributed by atoms with E-state index >= 15 is 0 Å². The summed E-state index contributed by atoms with van der Waals surface area (Å²) in [4.78, 5) is 4.24. The molecule has 0 spiro atoms. The maximum absolute atomic E-state index is 5.92. The Kier molecular flexibility index (Phi) is 6.44. The Bertz CT molecular complexity index is 1680. The summed E-state index contributed by atoms with van der Waals surface area (Å²) >= 11 is 0. The van der Waals surface area contributed by atoms with Crippen LogP contribution in [0.2, 0.25) is 0 Å². The number of aryl methyl sites for hydroxylation is 1. The Morgan fingerprint density at radius 2 is 1.61 bits per heavy atom. The molecule has 0 N–H and O–H groups in total. The third-order valence-corrected chi connectivity index (χ3v) is 5.57. The van der Waals surface area contributed by atoms with Crippen molar-refractivity contribution >= 4 is 21.8 Å². The number of benzene rings is 3. The summed E-state index contributed by atoms with van der Waals surface area (Å²) in [6.07, 6.45) is 1.63. The molecule has 3 heterocycles. The molecule has 0 amide bonds. The molecule has 9 heteroatoms. The van der Waals surface area contributed by atoms with Gasteiger partial charge >= 0.3 is 21.1 Å². The van der Waals surface area contributed by atoms with Crippen LogP contribution in [0, 0.1) is 19.1 Å². The van der Waals surface area contributed by atoms with Crippen LogP contribution in [0.4, 0.5) is 0 Å². The molecule has 3 aromatic carbocycles. The minimum Gasteiger partial charge on any atom is -0.497 e. The van der Waals surface area contributed by atoms with Crippen LogP contribution >= 0.6 is 0 Å². The summed E-state index contributed by atoms with van der Waals surface area (Å²) in [5, 5.41) is 18.8. The molecule has 0 atom stereocenters. The first kappa shape index (κ1) is 23.6. The van der Waals surface area contributed by atoms with Gasteiger partial charge in [0.2, 0.25) is 5.88 Å². The van der Waals surface area contributed by atoms with Crippen molar-refractivity contribution in [3.63, 3.8) is 0 Å². The molecular formula is C27H18N6O2Pt. The topological polar surface area (TPSA) is 87.8 Å². The fourth-order valence-electron chi connectivity index (χ4n) is 3.97. The number of hydrogen-bond donors (Lipinski definition) is 0. The third-order valence-electron chi connectivity index (χ3n) is 5.57. The number of nitrogens with zero attached hydrogens (tertiary/aromatic N) is 6. The van der Waals surface area contributed by atoms with Crippen molar-refractivity contribution in [1.82, 2.24) is 29.9 Å². The average Bonchev–Trinajstić information content (AvgIpc) is 3.23. The molecule has 6 aromatic rings. The van der Waals surface area contributed by atoms with Gasteiger partial charge < -0.3 is 9.47 Å². The van der Waals surface area contributed by atoms with E-state index in [0.29, 0.717) is 29.2 Å². The SMILES string of the molecule is COc1ccnc(Oc2[c-]c(-c3[c-]c4c(cc3)c3ccccc3n4-c3nnc(C)nn3)ccc2)c1.[Pt+2]. The Balaban J connectivity index is 0.00000267. The predicted molar refractivity (Wildman–Crippen MR) is 131 cm³/mol. The van der Waals surface area contributed by atoms with Crippen molar-refractivity contribution in [1.29, 1.82) is 0 Å². The first-order valence-corrected chi connectivity index (χ1v) is 10.9. The van der Waals surface area contributed by atoms with Gasteiger partial charge in [-0.1, -0.05) is 23.6 Å². The number of methoxy groups -OCH3 is 1. The van der Waals surface area contributed by atoms with Crippen molar-refractivity contribution < 1.29 is 30.5 Å². The van der Waals surface area contributed by atoms with Crippen molar-refractivity contribution in [2.75, 3.05) is 7.11 Å². The molecule has 8 nitrogen and oxygen atoms in total. The largest absolute Gasteiger partial charge is 2.00 e. The monoisotopic (exact) mass is 653 g/mol. The Labute approximate surface area is 221 Å². The minimum absolute atomic E-state index is 0. The van der Waals surface area contributed by atoms with E-state index in [1.54, 1.807) is 32.4 Å². The molecule has 0 saturated heterocycles.